The van der Waals surface area contributed by atoms with E-state index in [2.05, 4.69) is 14.8 Å². The van der Waals surface area contributed by atoms with E-state index in [4.69, 9.17) is 10.5 Å². The Hall–Kier alpha value is -2.67. The van der Waals surface area contributed by atoms with Gasteiger partial charge in [-0.2, -0.15) is 13.1 Å². The summed E-state index contributed by atoms with van der Waals surface area (Å²) < 4.78 is 35.0. The van der Waals surface area contributed by atoms with Crippen LogP contribution < -0.4 is 20.5 Å². The van der Waals surface area contributed by atoms with E-state index in [1.54, 1.807) is 0 Å². The van der Waals surface area contributed by atoms with E-state index in [1.165, 1.54) is 4.90 Å². The topological polar surface area (TPSA) is 177 Å². The molecule has 0 bridgehead atoms. The first-order valence-electron chi connectivity index (χ1n) is 13.2. The summed E-state index contributed by atoms with van der Waals surface area (Å²) in [6, 6.07) is -1.08. The summed E-state index contributed by atoms with van der Waals surface area (Å²) in [5.41, 5.74) is 3.77. The van der Waals surface area contributed by atoms with Crippen molar-refractivity contribution in [2.45, 2.75) is 101 Å². The molecule has 0 aromatic heterocycles. The molecule has 4 aliphatic rings. The molecule has 0 aromatic rings. The molecule has 4 atom stereocenters. The van der Waals surface area contributed by atoms with Crippen molar-refractivity contribution < 1.29 is 32.3 Å². The summed E-state index contributed by atoms with van der Waals surface area (Å²) in [5.74, 6) is -2.18. The van der Waals surface area contributed by atoms with Gasteiger partial charge in [0.05, 0.1) is 0 Å². The smallest absolute Gasteiger partial charge is 0.405 e. The average Bonchev–Trinajstić information content (AvgIpc) is 3.18. The van der Waals surface area contributed by atoms with Crippen LogP contribution >= 0.6 is 0 Å². The molecule has 2 heterocycles. The fourth-order valence-electron chi connectivity index (χ4n) is 5.68. The Labute approximate surface area is 217 Å². The fraction of sp³-hybridized carbons (Fsp3) is 0.750. The minimum absolute atomic E-state index is 0.214. The largest absolute Gasteiger partial charge is 0.436 e. The molecule has 2 saturated carbocycles. The molecule has 12 nitrogen and oxygen atoms in total. The van der Waals surface area contributed by atoms with Crippen molar-refractivity contribution in [2.75, 3.05) is 6.54 Å². The van der Waals surface area contributed by atoms with Gasteiger partial charge in [-0.15, -0.1) is 0 Å². The predicted octanol–water partition coefficient (Wildman–Crippen LogP) is 0.730. The summed E-state index contributed by atoms with van der Waals surface area (Å²) >= 11 is 0. The van der Waals surface area contributed by atoms with Crippen LogP contribution in [0.25, 0.3) is 0 Å². The van der Waals surface area contributed by atoms with Crippen molar-refractivity contribution in [3.8, 4) is 0 Å². The molecular weight excluding hydrogens is 502 g/mol. The van der Waals surface area contributed by atoms with Gasteiger partial charge in [0.1, 0.15) is 11.6 Å². The summed E-state index contributed by atoms with van der Waals surface area (Å²) in [6.45, 7) is 0.303. The molecule has 0 radical (unpaired) electrons. The maximum Gasteiger partial charge on any atom is 0.405 e. The second-order valence-electron chi connectivity index (χ2n) is 10.5. The van der Waals surface area contributed by atoms with Crippen LogP contribution in [0.5, 0.6) is 0 Å². The molecule has 0 spiro atoms. The van der Waals surface area contributed by atoms with Crippen molar-refractivity contribution in [1.82, 2.24) is 19.7 Å². The van der Waals surface area contributed by atoms with E-state index in [1.807, 2.05) is 12.2 Å². The molecule has 2 aliphatic heterocycles. The standard InChI is InChI=1S/C24H37N5O7S/c25-23(33)36-19-13-5-3-1-2-4-9-16-15-24(16,26-20(30)18-12-8-14-29(18)21(19)31)22(32)28-37(34,35)27-17-10-6-7-11-17/h4,9,16-19,27H,1-3,5-8,10-15H2,(H2,25,33)(H,26,30)(H,28,32)/b9-4-. The van der Waals surface area contributed by atoms with Gasteiger partial charge in [-0.05, 0) is 57.8 Å². The maximum atomic E-state index is 13.4. The number of fused-ring (bicyclic) bond motifs is 2. The van der Waals surface area contributed by atoms with Crippen LogP contribution in [0.4, 0.5) is 4.79 Å². The van der Waals surface area contributed by atoms with E-state index >= 15 is 0 Å². The Morgan fingerprint density at radius 3 is 2.51 bits per heavy atom. The zero-order chi connectivity index (χ0) is 26.6. The first kappa shape index (κ1) is 27.4. The normalized spacial score (nSPS) is 32.3. The Kier molecular flexibility index (Phi) is 8.42. The molecule has 5 N–H and O–H groups in total. The van der Waals surface area contributed by atoms with Gasteiger partial charge in [-0.25, -0.2) is 9.52 Å². The highest BCUT2D eigenvalue weighted by atomic mass is 32.2. The van der Waals surface area contributed by atoms with E-state index < -0.39 is 51.7 Å². The molecule has 4 amide bonds. The number of nitrogens with zero attached hydrogens (tertiary/aromatic N) is 1. The van der Waals surface area contributed by atoms with E-state index in [9.17, 15) is 27.6 Å². The molecule has 4 unspecified atom stereocenters. The summed E-state index contributed by atoms with van der Waals surface area (Å²) in [7, 11) is -4.10. The van der Waals surface area contributed by atoms with Crippen molar-refractivity contribution in [3.05, 3.63) is 12.2 Å². The lowest BCUT2D eigenvalue weighted by atomic mass is 10.1. The third-order valence-corrected chi connectivity index (χ3v) is 8.85. The minimum atomic E-state index is -4.10. The number of carbonyl (C=O) groups is 4. The van der Waals surface area contributed by atoms with Crippen molar-refractivity contribution in [3.63, 3.8) is 0 Å². The molecule has 4 rings (SSSR count). The highest BCUT2D eigenvalue weighted by Crippen LogP contribution is 2.45. The lowest BCUT2D eigenvalue weighted by Crippen LogP contribution is -2.58. The van der Waals surface area contributed by atoms with E-state index in [0.717, 1.165) is 25.7 Å². The highest BCUT2D eigenvalue weighted by Gasteiger charge is 2.61. The molecule has 206 valence electrons. The fourth-order valence-corrected chi connectivity index (χ4v) is 6.84. The van der Waals surface area contributed by atoms with Gasteiger partial charge < -0.3 is 20.7 Å². The van der Waals surface area contributed by atoms with Gasteiger partial charge in [0.2, 0.25) is 5.91 Å². The predicted molar refractivity (Wildman–Crippen MR) is 133 cm³/mol. The molecule has 0 aromatic carbocycles. The summed E-state index contributed by atoms with van der Waals surface area (Å²) in [5, 5.41) is 2.78. The number of hydrogen-bond acceptors (Lipinski definition) is 7. The zero-order valence-corrected chi connectivity index (χ0v) is 21.8. The summed E-state index contributed by atoms with van der Waals surface area (Å²) in [6.07, 6.45) is 9.41. The average molecular weight is 540 g/mol. The van der Waals surface area contributed by atoms with Gasteiger partial charge in [0.25, 0.3) is 11.8 Å². The molecule has 3 fully saturated rings. The first-order valence-corrected chi connectivity index (χ1v) is 14.7. The van der Waals surface area contributed by atoms with Crippen LogP contribution in [0.3, 0.4) is 0 Å². The SMILES string of the molecule is NC(=O)OC1CCCCC/C=C\C2CC2(C(=O)NS(=O)(=O)NC2CCCC2)NC(=O)C2CCCN2C1=O. The number of primary amides is 1. The third-order valence-electron chi connectivity index (χ3n) is 7.75. The number of rotatable bonds is 5. The number of hydrogen-bond donors (Lipinski definition) is 4. The molecule has 2 aliphatic carbocycles. The van der Waals surface area contributed by atoms with E-state index in [-0.39, 0.29) is 18.4 Å². The van der Waals surface area contributed by atoms with Crippen molar-refractivity contribution in [1.29, 1.82) is 0 Å². The summed E-state index contributed by atoms with van der Waals surface area (Å²) in [4.78, 5) is 52.7. The van der Waals surface area contributed by atoms with Crippen LogP contribution in [-0.2, 0) is 29.3 Å². The highest BCUT2D eigenvalue weighted by molar-refractivity contribution is 7.88. The van der Waals surface area contributed by atoms with Crippen LogP contribution in [-0.4, -0.2) is 67.4 Å². The number of nitrogens with two attached hydrogens (primary N) is 1. The van der Waals surface area contributed by atoms with Crippen LogP contribution in [0.2, 0.25) is 0 Å². The lowest BCUT2D eigenvalue weighted by molar-refractivity contribution is -0.146. The number of ether oxygens (including phenoxy) is 1. The van der Waals surface area contributed by atoms with Gasteiger partial charge in [0.15, 0.2) is 6.10 Å². The first-order chi connectivity index (χ1) is 17.6. The lowest BCUT2D eigenvalue weighted by Gasteiger charge is -2.29. The minimum Gasteiger partial charge on any atom is -0.436 e. The number of carbonyl (C=O) groups excluding carboxylic acids is 4. The molecule has 13 heteroatoms. The monoisotopic (exact) mass is 539 g/mol. The Balaban J connectivity index is 1.53. The number of allylic oxidation sites excluding steroid dienone is 1. The number of nitrogens with one attached hydrogen (secondary N) is 3. The zero-order valence-electron chi connectivity index (χ0n) is 20.9. The maximum absolute atomic E-state index is 13.4. The van der Waals surface area contributed by atoms with Gasteiger partial charge in [0, 0.05) is 18.5 Å². The molecule has 1 saturated heterocycles. The van der Waals surface area contributed by atoms with Crippen molar-refractivity contribution in [2.24, 2.45) is 11.7 Å². The second-order valence-corrected chi connectivity index (χ2v) is 11.9. The van der Waals surface area contributed by atoms with Gasteiger partial charge >= 0.3 is 16.3 Å². The Morgan fingerprint density at radius 2 is 1.78 bits per heavy atom. The second kappa shape index (κ2) is 11.4. The van der Waals surface area contributed by atoms with Crippen LogP contribution in [0, 0.1) is 5.92 Å². The Morgan fingerprint density at radius 1 is 1.05 bits per heavy atom. The van der Waals surface area contributed by atoms with Crippen molar-refractivity contribution >= 4 is 34.0 Å². The van der Waals surface area contributed by atoms with Crippen LogP contribution in [0.1, 0.15) is 77.0 Å². The molecular formula is C24H37N5O7S. The Bertz CT molecular complexity index is 1040. The molecule has 37 heavy (non-hydrogen) atoms. The quantitative estimate of drug-likeness (QED) is 0.372. The van der Waals surface area contributed by atoms with Crippen LogP contribution in [0.15, 0.2) is 12.2 Å². The van der Waals surface area contributed by atoms with E-state index in [0.29, 0.717) is 51.5 Å². The van der Waals surface area contributed by atoms with Gasteiger partial charge in [-0.3, -0.25) is 14.4 Å². The van der Waals surface area contributed by atoms with Gasteiger partial charge in [-0.1, -0.05) is 31.4 Å². The third kappa shape index (κ3) is 6.61. The number of amides is 4.